The monoisotopic (exact) mass is 204 g/mol. The van der Waals surface area contributed by atoms with Crippen LogP contribution in [0.1, 0.15) is 26.7 Å². The normalized spacial score (nSPS) is 10.1. The predicted octanol–water partition coefficient (Wildman–Crippen LogP) is 1.38. The molecule has 0 bridgehead atoms. The van der Waals surface area contributed by atoms with Crippen LogP contribution in [0.5, 0.6) is 0 Å². The number of carbonyl (C=O) groups excluding carboxylic acids is 1. The fourth-order valence-corrected chi connectivity index (χ4v) is 0.855. The lowest BCUT2D eigenvalue weighted by molar-refractivity contribution is -0.144. The van der Waals surface area contributed by atoms with Gasteiger partial charge in [0.1, 0.15) is 0 Å². The summed E-state index contributed by atoms with van der Waals surface area (Å²) in [6.07, 6.45) is 1.34. The number of rotatable bonds is 9. The molecule has 0 aromatic heterocycles. The van der Waals surface area contributed by atoms with Crippen molar-refractivity contribution in [2.45, 2.75) is 26.7 Å². The smallest absolute Gasteiger partial charge is 0.308 e. The summed E-state index contributed by atoms with van der Waals surface area (Å²) in [6.45, 7) is 6.59. The van der Waals surface area contributed by atoms with Gasteiger partial charge in [0.05, 0.1) is 32.8 Å². The third kappa shape index (κ3) is 9.48. The fraction of sp³-hybridized carbons (Fsp3) is 0.900. The first-order chi connectivity index (χ1) is 6.81. The van der Waals surface area contributed by atoms with Crippen molar-refractivity contribution in [1.29, 1.82) is 0 Å². The lowest BCUT2D eigenvalue weighted by Crippen LogP contribution is -2.10. The SMILES string of the molecule is CCCOCCOCCC(=O)OCC. The first-order valence-corrected chi connectivity index (χ1v) is 5.12. The molecule has 84 valence electrons. The molecule has 0 aromatic carbocycles. The molecule has 0 N–H and O–H groups in total. The number of hydrogen-bond donors (Lipinski definition) is 0. The predicted molar refractivity (Wildman–Crippen MR) is 53.2 cm³/mol. The molecule has 0 amide bonds. The van der Waals surface area contributed by atoms with Crippen LogP contribution in [0.4, 0.5) is 0 Å². The maximum absolute atomic E-state index is 10.8. The molecule has 0 saturated carbocycles. The second-order valence-corrected chi connectivity index (χ2v) is 2.78. The van der Waals surface area contributed by atoms with Crippen molar-refractivity contribution >= 4 is 5.97 Å². The molecule has 0 unspecified atom stereocenters. The van der Waals surface area contributed by atoms with E-state index >= 15 is 0 Å². The molecule has 0 saturated heterocycles. The molecule has 0 spiro atoms. The van der Waals surface area contributed by atoms with Gasteiger partial charge in [0.15, 0.2) is 0 Å². The van der Waals surface area contributed by atoms with Crippen molar-refractivity contribution in [3.8, 4) is 0 Å². The van der Waals surface area contributed by atoms with E-state index in [-0.39, 0.29) is 5.97 Å². The van der Waals surface area contributed by atoms with E-state index < -0.39 is 0 Å². The van der Waals surface area contributed by atoms with Gasteiger partial charge in [-0.2, -0.15) is 0 Å². The molecule has 4 heteroatoms. The largest absolute Gasteiger partial charge is 0.466 e. The van der Waals surface area contributed by atoms with Crippen LogP contribution >= 0.6 is 0 Å². The second-order valence-electron chi connectivity index (χ2n) is 2.78. The van der Waals surface area contributed by atoms with Crippen LogP contribution in [0.25, 0.3) is 0 Å². The summed E-state index contributed by atoms with van der Waals surface area (Å²) in [7, 11) is 0. The van der Waals surface area contributed by atoms with Gasteiger partial charge in [0.25, 0.3) is 0 Å². The van der Waals surface area contributed by atoms with Crippen molar-refractivity contribution in [3.05, 3.63) is 0 Å². The molecule has 0 heterocycles. The Balaban J connectivity index is 3.01. The second kappa shape index (κ2) is 10.5. The van der Waals surface area contributed by atoms with Gasteiger partial charge in [0.2, 0.25) is 0 Å². The standard InChI is InChI=1S/C10H20O4/c1-3-6-12-8-9-13-7-5-10(11)14-4-2/h3-9H2,1-2H3. The Hall–Kier alpha value is -0.610. The zero-order valence-electron chi connectivity index (χ0n) is 9.08. The lowest BCUT2D eigenvalue weighted by Gasteiger charge is -2.04. The van der Waals surface area contributed by atoms with Crippen LogP contribution in [0.3, 0.4) is 0 Å². The zero-order chi connectivity index (χ0) is 10.6. The van der Waals surface area contributed by atoms with Crippen LogP contribution in [-0.4, -0.2) is 39.0 Å². The van der Waals surface area contributed by atoms with E-state index in [1.807, 2.05) is 0 Å². The van der Waals surface area contributed by atoms with Crippen molar-refractivity contribution in [3.63, 3.8) is 0 Å². The van der Waals surface area contributed by atoms with E-state index in [1.165, 1.54) is 0 Å². The highest BCUT2D eigenvalue weighted by atomic mass is 16.5. The average Bonchev–Trinajstić information content (AvgIpc) is 2.17. The Morgan fingerprint density at radius 3 is 2.21 bits per heavy atom. The van der Waals surface area contributed by atoms with Gasteiger partial charge in [-0.25, -0.2) is 0 Å². The van der Waals surface area contributed by atoms with E-state index in [0.29, 0.717) is 32.8 Å². The lowest BCUT2D eigenvalue weighted by atomic mass is 10.5. The van der Waals surface area contributed by atoms with Gasteiger partial charge >= 0.3 is 5.97 Å². The summed E-state index contributed by atoms with van der Waals surface area (Å²) < 4.78 is 15.1. The number of carbonyl (C=O) groups is 1. The maximum Gasteiger partial charge on any atom is 0.308 e. The van der Waals surface area contributed by atoms with E-state index in [0.717, 1.165) is 13.0 Å². The van der Waals surface area contributed by atoms with Crippen molar-refractivity contribution in [2.24, 2.45) is 0 Å². The van der Waals surface area contributed by atoms with E-state index in [4.69, 9.17) is 14.2 Å². The zero-order valence-corrected chi connectivity index (χ0v) is 9.08. The third-order valence-electron chi connectivity index (χ3n) is 1.48. The van der Waals surface area contributed by atoms with Gasteiger partial charge in [-0.05, 0) is 13.3 Å². The van der Waals surface area contributed by atoms with E-state index in [1.54, 1.807) is 6.92 Å². The maximum atomic E-state index is 10.8. The van der Waals surface area contributed by atoms with Crippen LogP contribution in [-0.2, 0) is 19.0 Å². The molecule has 0 rings (SSSR count). The van der Waals surface area contributed by atoms with E-state index in [2.05, 4.69) is 6.92 Å². The summed E-state index contributed by atoms with van der Waals surface area (Å²) >= 11 is 0. The Kier molecular flexibility index (Phi) is 10.0. The van der Waals surface area contributed by atoms with Gasteiger partial charge in [-0.15, -0.1) is 0 Å². The number of ether oxygens (including phenoxy) is 3. The van der Waals surface area contributed by atoms with Crippen LogP contribution < -0.4 is 0 Å². The fourth-order valence-electron chi connectivity index (χ4n) is 0.855. The van der Waals surface area contributed by atoms with Gasteiger partial charge < -0.3 is 14.2 Å². The molecule has 0 atom stereocenters. The molecule has 0 fully saturated rings. The minimum Gasteiger partial charge on any atom is -0.466 e. The molecule has 14 heavy (non-hydrogen) atoms. The van der Waals surface area contributed by atoms with Crippen molar-refractivity contribution in [1.82, 2.24) is 0 Å². The Labute approximate surface area is 85.5 Å². The number of esters is 1. The molecule has 0 aliphatic heterocycles. The van der Waals surface area contributed by atoms with E-state index in [9.17, 15) is 4.79 Å². The third-order valence-corrected chi connectivity index (χ3v) is 1.48. The first-order valence-electron chi connectivity index (χ1n) is 5.12. The highest BCUT2D eigenvalue weighted by molar-refractivity contribution is 5.69. The molecule has 0 aromatic rings. The van der Waals surface area contributed by atoms with Gasteiger partial charge in [0, 0.05) is 6.61 Å². The summed E-state index contributed by atoms with van der Waals surface area (Å²) in [5.74, 6) is -0.207. The Morgan fingerprint density at radius 2 is 1.64 bits per heavy atom. The first kappa shape index (κ1) is 13.4. The molecular weight excluding hydrogens is 184 g/mol. The summed E-state index contributed by atoms with van der Waals surface area (Å²) in [5, 5.41) is 0. The van der Waals surface area contributed by atoms with Crippen LogP contribution in [0, 0.1) is 0 Å². The van der Waals surface area contributed by atoms with Gasteiger partial charge in [-0.1, -0.05) is 6.92 Å². The van der Waals surface area contributed by atoms with Crippen LogP contribution in [0.2, 0.25) is 0 Å². The number of hydrogen-bond acceptors (Lipinski definition) is 4. The molecule has 4 nitrogen and oxygen atoms in total. The summed E-state index contributed by atoms with van der Waals surface area (Å²) in [6, 6.07) is 0. The molecule has 0 radical (unpaired) electrons. The Morgan fingerprint density at radius 1 is 1.00 bits per heavy atom. The summed E-state index contributed by atoms with van der Waals surface area (Å²) in [4.78, 5) is 10.8. The van der Waals surface area contributed by atoms with Crippen molar-refractivity contribution < 1.29 is 19.0 Å². The summed E-state index contributed by atoms with van der Waals surface area (Å²) in [5.41, 5.74) is 0. The van der Waals surface area contributed by atoms with Crippen LogP contribution in [0.15, 0.2) is 0 Å². The topological polar surface area (TPSA) is 44.8 Å². The quantitative estimate of drug-likeness (QED) is 0.420. The highest BCUT2D eigenvalue weighted by Gasteiger charge is 2.00. The Bertz CT molecular complexity index is 136. The minimum atomic E-state index is -0.207. The molecule has 0 aliphatic carbocycles. The van der Waals surface area contributed by atoms with Crippen molar-refractivity contribution in [2.75, 3.05) is 33.0 Å². The highest BCUT2D eigenvalue weighted by Crippen LogP contribution is 1.88. The molecular formula is C10H20O4. The minimum absolute atomic E-state index is 0.207. The molecule has 0 aliphatic rings. The average molecular weight is 204 g/mol. The van der Waals surface area contributed by atoms with Gasteiger partial charge in [-0.3, -0.25) is 4.79 Å².